The number of ether oxygens (including phenoxy) is 1. The minimum absolute atomic E-state index is 0.0502. The summed E-state index contributed by atoms with van der Waals surface area (Å²) in [6.45, 7) is 1.45. The Morgan fingerprint density at radius 2 is 1.79 bits per heavy atom. The van der Waals surface area contributed by atoms with Gasteiger partial charge in [0, 0.05) is 12.1 Å². The predicted molar refractivity (Wildman–Crippen MR) is 105 cm³/mol. The van der Waals surface area contributed by atoms with Crippen molar-refractivity contribution in [2.24, 2.45) is 0 Å². The van der Waals surface area contributed by atoms with Crippen LogP contribution < -0.4 is 5.32 Å². The zero-order valence-electron chi connectivity index (χ0n) is 16.1. The molecular weight excluding hydrogens is 372 g/mol. The summed E-state index contributed by atoms with van der Waals surface area (Å²) < 4.78 is 4.92. The van der Waals surface area contributed by atoms with E-state index in [1.807, 2.05) is 31.2 Å². The van der Waals surface area contributed by atoms with Crippen LogP contribution in [0.15, 0.2) is 48.5 Å². The third-order valence-corrected chi connectivity index (χ3v) is 4.76. The Morgan fingerprint density at radius 3 is 2.59 bits per heavy atom. The van der Waals surface area contributed by atoms with Crippen LogP contribution >= 0.6 is 0 Å². The third kappa shape index (κ3) is 5.07. The normalized spacial score (nSPS) is 13.1. The highest BCUT2D eigenvalue weighted by molar-refractivity contribution is 6.11. The van der Waals surface area contributed by atoms with Crippen LogP contribution in [0.25, 0.3) is 0 Å². The fourth-order valence-electron chi connectivity index (χ4n) is 3.16. The summed E-state index contributed by atoms with van der Waals surface area (Å²) in [5, 5.41) is 2.68. The Morgan fingerprint density at radius 1 is 1.07 bits per heavy atom. The molecule has 1 aliphatic heterocycles. The van der Waals surface area contributed by atoms with Gasteiger partial charge in [0.15, 0.2) is 6.61 Å². The van der Waals surface area contributed by atoms with Crippen LogP contribution in [0.3, 0.4) is 0 Å². The van der Waals surface area contributed by atoms with Crippen molar-refractivity contribution in [2.45, 2.75) is 19.8 Å². The molecule has 0 atom stereocenters. The van der Waals surface area contributed by atoms with Crippen molar-refractivity contribution in [3.8, 4) is 0 Å². The van der Waals surface area contributed by atoms with Crippen LogP contribution in [0.5, 0.6) is 0 Å². The van der Waals surface area contributed by atoms with Gasteiger partial charge in [0.05, 0.1) is 6.42 Å². The minimum Gasteiger partial charge on any atom is -0.454 e. The van der Waals surface area contributed by atoms with Crippen molar-refractivity contribution < 1.29 is 23.9 Å². The van der Waals surface area contributed by atoms with E-state index in [0.29, 0.717) is 24.1 Å². The van der Waals surface area contributed by atoms with Crippen molar-refractivity contribution >= 4 is 23.7 Å². The molecule has 0 aliphatic carbocycles. The highest BCUT2D eigenvalue weighted by atomic mass is 16.5. The van der Waals surface area contributed by atoms with Gasteiger partial charge in [-0.05, 0) is 36.1 Å². The molecule has 0 saturated carbocycles. The zero-order chi connectivity index (χ0) is 20.8. The number of hydrogen-bond donors (Lipinski definition) is 1. The molecule has 0 fully saturated rings. The second-order valence-corrected chi connectivity index (χ2v) is 6.81. The SMILES string of the molecule is Cc1ccccc1CCNC(=O)COC(=O)CN1C(=O)Cc2ccccc2C1=O. The average Bonchev–Trinajstić information content (AvgIpc) is 2.71. The van der Waals surface area contributed by atoms with Crippen LogP contribution in [0, 0.1) is 6.92 Å². The van der Waals surface area contributed by atoms with E-state index in [2.05, 4.69) is 5.32 Å². The number of benzene rings is 2. The number of carbonyl (C=O) groups excluding carboxylic acids is 4. The van der Waals surface area contributed by atoms with Crippen LogP contribution in [-0.4, -0.2) is 48.3 Å². The fraction of sp³-hybridized carbons (Fsp3) is 0.273. The molecule has 2 aromatic rings. The zero-order valence-corrected chi connectivity index (χ0v) is 16.1. The number of aryl methyl sites for hydroxylation is 1. The van der Waals surface area contributed by atoms with Crippen LogP contribution in [0.4, 0.5) is 0 Å². The number of amides is 3. The lowest BCUT2D eigenvalue weighted by Crippen LogP contribution is -2.45. The Kier molecular flexibility index (Phi) is 6.39. The van der Waals surface area contributed by atoms with Gasteiger partial charge in [0.1, 0.15) is 6.54 Å². The maximum absolute atomic E-state index is 12.4. The molecule has 3 rings (SSSR count). The van der Waals surface area contributed by atoms with Gasteiger partial charge in [-0.25, -0.2) is 0 Å². The van der Waals surface area contributed by atoms with E-state index in [-0.39, 0.29) is 6.42 Å². The van der Waals surface area contributed by atoms with Crippen molar-refractivity contribution in [2.75, 3.05) is 19.7 Å². The highest BCUT2D eigenvalue weighted by Gasteiger charge is 2.32. The van der Waals surface area contributed by atoms with E-state index >= 15 is 0 Å². The first-order chi connectivity index (χ1) is 14.0. The number of carbonyl (C=O) groups is 4. The number of rotatable bonds is 7. The van der Waals surface area contributed by atoms with Crippen LogP contribution in [-0.2, 0) is 32.0 Å². The lowest BCUT2D eigenvalue weighted by molar-refractivity contribution is -0.151. The molecule has 0 spiro atoms. The predicted octanol–water partition coefficient (Wildman–Crippen LogP) is 1.42. The number of nitrogens with zero attached hydrogens (tertiary/aromatic N) is 1. The molecule has 0 aromatic heterocycles. The standard InChI is InChI=1S/C22H22N2O5/c1-15-6-2-3-7-16(15)10-11-23-19(25)14-29-21(27)13-24-20(26)12-17-8-4-5-9-18(17)22(24)28/h2-9H,10-14H2,1H3,(H,23,25). The van der Waals surface area contributed by atoms with Crippen LogP contribution in [0.1, 0.15) is 27.0 Å². The van der Waals surface area contributed by atoms with E-state index < -0.39 is 36.8 Å². The van der Waals surface area contributed by atoms with Gasteiger partial charge in [-0.3, -0.25) is 24.1 Å². The summed E-state index contributed by atoms with van der Waals surface area (Å²) in [5.41, 5.74) is 3.31. The molecule has 7 nitrogen and oxygen atoms in total. The molecule has 1 aliphatic rings. The van der Waals surface area contributed by atoms with Gasteiger partial charge < -0.3 is 10.1 Å². The molecule has 1 heterocycles. The molecule has 1 N–H and O–H groups in total. The van der Waals surface area contributed by atoms with E-state index in [1.54, 1.807) is 24.3 Å². The molecule has 0 bridgehead atoms. The lowest BCUT2D eigenvalue weighted by atomic mass is 9.98. The summed E-state index contributed by atoms with van der Waals surface area (Å²) in [4.78, 5) is 49.3. The largest absolute Gasteiger partial charge is 0.454 e. The maximum atomic E-state index is 12.4. The summed E-state index contributed by atoms with van der Waals surface area (Å²) in [7, 11) is 0. The number of nitrogens with one attached hydrogen (secondary N) is 1. The minimum atomic E-state index is -0.805. The molecule has 2 aromatic carbocycles. The van der Waals surface area contributed by atoms with Crippen molar-refractivity contribution in [1.82, 2.24) is 10.2 Å². The van der Waals surface area contributed by atoms with Gasteiger partial charge >= 0.3 is 5.97 Å². The molecule has 0 radical (unpaired) electrons. The van der Waals surface area contributed by atoms with Gasteiger partial charge in [0.25, 0.3) is 11.8 Å². The summed E-state index contributed by atoms with van der Waals surface area (Å²) in [6.07, 6.45) is 0.719. The molecule has 29 heavy (non-hydrogen) atoms. The summed E-state index contributed by atoms with van der Waals surface area (Å²) in [5.74, 6) is -2.24. The molecular formula is C22H22N2O5. The average molecular weight is 394 g/mol. The molecule has 3 amide bonds. The van der Waals surface area contributed by atoms with Crippen molar-refractivity contribution in [3.05, 3.63) is 70.8 Å². The van der Waals surface area contributed by atoms with Gasteiger partial charge in [-0.15, -0.1) is 0 Å². The van der Waals surface area contributed by atoms with Gasteiger partial charge in [0.2, 0.25) is 5.91 Å². The summed E-state index contributed by atoms with van der Waals surface area (Å²) in [6, 6.07) is 14.7. The Balaban J connectivity index is 1.44. The smallest absolute Gasteiger partial charge is 0.326 e. The van der Waals surface area contributed by atoms with E-state index in [4.69, 9.17) is 4.74 Å². The van der Waals surface area contributed by atoms with Gasteiger partial charge in [-0.2, -0.15) is 0 Å². The number of hydrogen-bond acceptors (Lipinski definition) is 5. The van der Waals surface area contributed by atoms with E-state index in [0.717, 1.165) is 16.0 Å². The monoisotopic (exact) mass is 394 g/mol. The van der Waals surface area contributed by atoms with E-state index in [9.17, 15) is 19.2 Å². The van der Waals surface area contributed by atoms with Crippen LogP contribution in [0.2, 0.25) is 0 Å². The number of imide groups is 1. The first kappa shape index (κ1) is 20.3. The Labute approximate surface area is 168 Å². The first-order valence-corrected chi connectivity index (χ1v) is 9.35. The first-order valence-electron chi connectivity index (χ1n) is 9.35. The van der Waals surface area contributed by atoms with Crippen molar-refractivity contribution in [3.63, 3.8) is 0 Å². The maximum Gasteiger partial charge on any atom is 0.326 e. The topological polar surface area (TPSA) is 92.8 Å². The lowest BCUT2D eigenvalue weighted by Gasteiger charge is -2.25. The Hall–Kier alpha value is -3.48. The molecule has 150 valence electrons. The number of fused-ring (bicyclic) bond motifs is 1. The highest BCUT2D eigenvalue weighted by Crippen LogP contribution is 2.19. The molecule has 7 heteroatoms. The van der Waals surface area contributed by atoms with Crippen molar-refractivity contribution in [1.29, 1.82) is 0 Å². The van der Waals surface area contributed by atoms with E-state index in [1.165, 1.54) is 0 Å². The fourth-order valence-corrected chi connectivity index (χ4v) is 3.16. The quantitative estimate of drug-likeness (QED) is 0.566. The second-order valence-electron chi connectivity index (χ2n) is 6.81. The Bertz CT molecular complexity index is 954. The van der Waals surface area contributed by atoms with Gasteiger partial charge in [-0.1, -0.05) is 42.5 Å². The summed E-state index contributed by atoms with van der Waals surface area (Å²) >= 11 is 0. The number of esters is 1. The molecule has 0 unspecified atom stereocenters. The molecule has 0 saturated heterocycles. The second kappa shape index (κ2) is 9.14. The third-order valence-electron chi connectivity index (χ3n) is 4.76.